The van der Waals surface area contributed by atoms with Gasteiger partial charge in [-0.3, -0.25) is 0 Å². The molecule has 0 aliphatic carbocycles. The van der Waals surface area contributed by atoms with Gasteiger partial charge in [-0.15, -0.1) is 0 Å². The Kier molecular flexibility index (Phi) is 3.79. The second kappa shape index (κ2) is 3.84. The van der Waals surface area contributed by atoms with Gasteiger partial charge in [0, 0.05) is 6.54 Å². The molecule has 0 aromatic carbocycles. The largest absolute Gasteiger partial charge is 0.328 e. The summed E-state index contributed by atoms with van der Waals surface area (Å²) in [7, 11) is 0. The lowest BCUT2D eigenvalue weighted by atomic mass is 10.1. The van der Waals surface area contributed by atoms with E-state index in [1.807, 2.05) is 13.8 Å². The molecular weight excluding hydrogens is 105 g/mol. The van der Waals surface area contributed by atoms with Gasteiger partial charge in [-0.25, -0.2) is 4.39 Å². The molecule has 0 aromatic rings. The average molecular weight is 119 g/mol. The molecule has 0 saturated heterocycles. The monoisotopic (exact) mass is 119 g/mol. The number of hydrogen-bond acceptors (Lipinski definition) is 1. The molecule has 0 aliphatic heterocycles. The highest BCUT2D eigenvalue weighted by Crippen LogP contribution is 2.05. The first kappa shape index (κ1) is 7.89. The predicted octanol–water partition coefficient (Wildman–Crippen LogP) is 1.33. The van der Waals surface area contributed by atoms with Gasteiger partial charge in [-0.05, 0) is 12.3 Å². The highest BCUT2D eigenvalue weighted by Gasteiger charge is 2.04. The second-order valence-corrected chi connectivity index (χ2v) is 2.46. The second-order valence-electron chi connectivity index (χ2n) is 2.46. The maximum Gasteiger partial charge on any atom is 0.113 e. The molecule has 1 unspecified atom stereocenters. The first-order chi connectivity index (χ1) is 3.66. The van der Waals surface area contributed by atoms with Crippen LogP contribution in [-0.4, -0.2) is 12.7 Å². The molecule has 0 fully saturated rings. The van der Waals surface area contributed by atoms with Gasteiger partial charge in [0.05, 0.1) is 0 Å². The van der Waals surface area contributed by atoms with Crippen molar-refractivity contribution in [1.29, 1.82) is 0 Å². The normalized spacial score (nSPS) is 14.6. The zero-order chi connectivity index (χ0) is 6.57. The Morgan fingerprint density at radius 2 is 2.00 bits per heavy atom. The lowest BCUT2D eigenvalue weighted by molar-refractivity contribution is 0.290. The van der Waals surface area contributed by atoms with Crippen LogP contribution >= 0.6 is 0 Å². The van der Waals surface area contributed by atoms with Crippen LogP contribution in [0.4, 0.5) is 4.39 Å². The van der Waals surface area contributed by atoms with E-state index in [1.165, 1.54) is 0 Å². The van der Waals surface area contributed by atoms with Crippen molar-refractivity contribution in [2.75, 3.05) is 6.54 Å². The van der Waals surface area contributed by atoms with Crippen LogP contribution in [0, 0.1) is 5.92 Å². The molecule has 0 bridgehead atoms. The Bertz CT molecular complexity index is 54.5. The number of hydrogen-bond donors (Lipinski definition) is 1. The minimum Gasteiger partial charge on any atom is -0.328 e. The van der Waals surface area contributed by atoms with Crippen LogP contribution in [0.5, 0.6) is 0 Å². The Hall–Kier alpha value is -0.110. The van der Waals surface area contributed by atoms with Crippen molar-refractivity contribution in [2.24, 2.45) is 11.7 Å². The highest BCUT2D eigenvalue weighted by atomic mass is 19.1. The van der Waals surface area contributed by atoms with Crippen LogP contribution in [0.2, 0.25) is 0 Å². The van der Waals surface area contributed by atoms with Gasteiger partial charge in [0.25, 0.3) is 0 Å². The smallest absolute Gasteiger partial charge is 0.113 e. The molecule has 8 heavy (non-hydrogen) atoms. The number of nitrogens with two attached hydrogens (primary N) is 1. The Morgan fingerprint density at radius 3 is 2.12 bits per heavy atom. The van der Waals surface area contributed by atoms with Gasteiger partial charge >= 0.3 is 0 Å². The first-order valence-corrected chi connectivity index (χ1v) is 3.01. The van der Waals surface area contributed by atoms with Crippen molar-refractivity contribution >= 4 is 0 Å². The lowest BCUT2D eigenvalue weighted by Gasteiger charge is -2.06. The summed E-state index contributed by atoms with van der Waals surface area (Å²) in [6, 6.07) is 0. The van der Waals surface area contributed by atoms with Crippen LogP contribution in [0.25, 0.3) is 0 Å². The molecule has 0 aromatic heterocycles. The van der Waals surface area contributed by atoms with Gasteiger partial charge in [-0.2, -0.15) is 0 Å². The fourth-order valence-electron chi connectivity index (χ4n) is 0.608. The number of rotatable bonds is 3. The highest BCUT2D eigenvalue weighted by molar-refractivity contribution is 4.57. The summed E-state index contributed by atoms with van der Waals surface area (Å²) >= 11 is 0. The van der Waals surface area contributed by atoms with Crippen LogP contribution in [0.3, 0.4) is 0 Å². The van der Waals surface area contributed by atoms with Gasteiger partial charge in [0.2, 0.25) is 0 Å². The van der Waals surface area contributed by atoms with Gasteiger partial charge in [0.1, 0.15) is 6.17 Å². The topological polar surface area (TPSA) is 26.0 Å². The molecule has 1 atom stereocenters. The summed E-state index contributed by atoms with van der Waals surface area (Å²) in [5.41, 5.74) is 5.05. The van der Waals surface area contributed by atoms with E-state index in [0.29, 0.717) is 12.3 Å². The summed E-state index contributed by atoms with van der Waals surface area (Å²) in [5, 5.41) is 0. The maximum absolute atomic E-state index is 12.3. The van der Waals surface area contributed by atoms with Gasteiger partial charge in [-0.1, -0.05) is 13.8 Å². The number of halogens is 1. The van der Waals surface area contributed by atoms with Crippen LogP contribution < -0.4 is 5.73 Å². The molecule has 0 heterocycles. The standard InChI is InChI=1S/C6H14FN/c1-5(2)3-6(7)4-8/h5-6H,3-4,8H2,1-2H3. The van der Waals surface area contributed by atoms with E-state index < -0.39 is 6.17 Å². The molecule has 2 heteroatoms. The quantitative estimate of drug-likeness (QED) is 0.596. The van der Waals surface area contributed by atoms with E-state index in [1.54, 1.807) is 0 Å². The van der Waals surface area contributed by atoms with Crippen molar-refractivity contribution in [3.05, 3.63) is 0 Å². The zero-order valence-corrected chi connectivity index (χ0v) is 5.52. The van der Waals surface area contributed by atoms with Gasteiger partial charge < -0.3 is 5.73 Å². The van der Waals surface area contributed by atoms with Crippen molar-refractivity contribution in [3.63, 3.8) is 0 Å². The molecule has 2 N–H and O–H groups in total. The summed E-state index contributed by atoms with van der Waals surface area (Å²) in [6.45, 7) is 4.14. The average Bonchev–Trinajstić information content (AvgIpc) is 1.65. The molecular formula is C6H14FN. The Labute approximate surface area is 50.1 Å². The van der Waals surface area contributed by atoms with Crippen LogP contribution in [0.15, 0.2) is 0 Å². The summed E-state index contributed by atoms with van der Waals surface area (Å²) in [4.78, 5) is 0. The molecule has 0 aliphatic rings. The van der Waals surface area contributed by atoms with Gasteiger partial charge in [0.15, 0.2) is 0 Å². The third kappa shape index (κ3) is 4.06. The van der Waals surface area contributed by atoms with E-state index in [2.05, 4.69) is 0 Å². The van der Waals surface area contributed by atoms with Crippen molar-refractivity contribution in [1.82, 2.24) is 0 Å². The lowest BCUT2D eigenvalue weighted by Crippen LogP contribution is -2.16. The molecule has 1 nitrogen and oxygen atoms in total. The van der Waals surface area contributed by atoms with Crippen molar-refractivity contribution in [3.8, 4) is 0 Å². The van der Waals surface area contributed by atoms with E-state index in [9.17, 15) is 4.39 Å². The molecule has 0 radical (unpaired) electrons. The summed E-state index contributed by atoms with van der Waals surface area (Å²) in [5.74, 6) is 0.425. The van der Waals surface area contributed by atoms with Crippen LogP contribution in [0.1, 0.15) is 20.3 Å². The summed E-state index contributed by atoms with van der Waals surface area (Å²) in [6.07, 6.45) is -0.203. The summed E-state index contributed by atoms with van der Waals surface area (Å²) < 4.78 is 12.3. The minimum absolute atomic E-state index is 0.165. The number of alkyl halides is 1. The zero-order valence-electron chi connectivity index (χ0n) is 5.52. The Balaban J connectivity index is 3.10. The fourth-order valence-corrected chi connectivity index (χ4v) is 0.608. The molecule has 50 valence electrons. The minimum atomic E-state index is -0.796. The third-order valence-electron chi connectivity index (χ3n) is 0.983. The third-order valence-corrected chi connectivity index (χ3v) is 0.983. The molecule has 0 saturated carbocycles. The fraction of sp³-hybridized carbons (Fsp3) is 1.00. The molecule has 0 spiro atoms. The SMILES string of the molecule is CC(C)CC(F)CN. The first-order valence-electron chi connectivity index (χ1n) is 3.01. The maximum atomic E-state index is 12.3. The van der Waals surface area contributed by atoms with Crippen LogP contribution in [-0.2, 0) is 0 Å². The molecule has 0 rings (SSSR count). The van der Waals surface area contributed by atoms with Crippen molar-refractivity contribution < 1.29 is 4.39 Å². The van der Waals surface area contributed by atoms with E-state index in [0.717, 1.165) is 0 Å². The predicted molar refractivity (Wildman–Crippen MR) is 33.4 cm³/mol. The molecule has 0 amide bonds. The van der Waals surface area contributed by atoms with E-state index in [-0.39, 0.29) is 6.54 Å². The van der Waals surface area contributed by atoms with Crippen molar-refractivity contribution in [2.45, 2.75) is 26.4 Å². The van der Waals surface area contributed by atoms with E-state index in [4.69, 9.17) is 5.73 Å². The van der Waals surface area contributed by atoms with E-state index >= 15 is 0 Å². The Morgan fingerprint density at radius 1 is 1.50 bits per heavy atom.